The fourth-order valence-corrected chi connectivity index (χ4v) is 3.11. The second-order valence-electron chi connectivity index (χ2n) is 8.69. The zero-order valence-corrected chi connectivity index (χ0v) is 18.5. The van der Waals surface area contributed by atoms with E-state index in [1.54, 1.807) is 7.05 Å². The second-order valence-corrected chi connectivity index (χ2v) is 8.69. The van der Waals surface area contributed by atoms with Crippen LogP contribution in [-0.2, 0) is 16.8 Å². The molecule has 3 aromatic rings. The van der Waals surface area contributed by atoms with Crippen LogP contribution in [0, 0.1) is 13.8 Å². The summed E-state index contributed by atoms with van der Waals surface area (Å²) >= 11 is 0. The number of carbonyl (C=O) groups excluding carboxylic acids is 1. The Bertz CT molecular complexity index is 997. The number of hydrogen-bond donors (Lipinski definition) is 0. The van der Waals surface area contributed by atoms with E-state index in [1.807, 2.05) is 38.1 Å². The number of benzene rings is 2. The third-order valence-corrected chi connectivity index (χ3v) is 4.82. The van der Waals surface area contributed by atoms with Gasteiger partial charge in [-0.1, -0.05) is 39.0 Å². The van der Waals surface area contributed by atoms with Crippen molar-refractivity contribution in [1.29, 1.82) is 0 Å². The van der Waals surface area contributed by atoms with E-state index in [0.717, 1.165) is 16.7 Å². The lowest BCUT2D eigenvalue weighted by molar-refractivity contribution is -0.132. The van der Waals surface area contributed by atoms with E-state index in [-0.39, 0.29) is 24.5 Å². The number of ether oxygens (including phenoxy) is 1. The van der Waals surface area contributed by atoms with Crippen molar-refractivity contribution in [3.8, 4) is 17.2 Å². The lowest BCUT2D eigenvalue weighted by atomic mass is 9.87. The van der Waals surface area contributed by atoms with Crippen LogP contribution in [0.5, 0.6) is 5.75 Å². The van der Waals surface area contributed by atoms with E-state index in [2.05, 4.69) is 49.2 Å². The molecule has 1 amide bonds. The summed E-state index contributed by atoms with van der Waals surface area (Å²) in [4.78, 5) is 13.9. The summed E-state index contributed by atoms with van der Waals surface area (Å²) in [5.74, 6) is 1.35. The highest BCUT2D eigenvalue weighted by molar-refractivity contribution is 5.77. The average molecular weight is 408 g/mol. The molecule has 0 aliphatic heterocycles. The molecule has 1 aromatic heterocycles. The van der Waals surface area contributed by atoms with Gasteiger partial charge in [0, 0.05) is 12.6 Å². The monoisotopic (exact) mass is 407 g/mol. The minimum Gasteiger partial charge on any atom is -0.484 e. The molecule has 0 N–H and O–H groups in total. The van der Waals surface area contributed by atoms with Crippen molar-refractivity contribution in [2.24, 2.45) is 0 Å². The maximum absolute atomic E-state index is 12.4. The van der Waals surface area contributed by atoms with E-state index in [0.29, 0.717) is 17.5 Å². The number of carbonyl (C=O) groups is 1. The van der Waals surface area contributed by atoms with Gasteiger partial charge in [-0.25, -0.2) is 0 Å². The molecule has 0 radical (unpaired) electrons. The predicted molar refractivity (Wildman–Crippen MR) is 116 cm³/mol. The number of hydrogen-bond acceptors (Lipinski definition) is 5. The number of rotatable bonds is 6. The highest BCUT2D eigenvalue weighted by atomic mass is 16.5. The number of aryl methyl sites for hydroxylation is 2. The standard InChI is InChI=1S/C24H29N3O3/c1-16-11-17(2)13-20(12-16)29-15-22(28)27(6)14-21-25-26-23(30-21)18-7-9-19(10-8-18)24(3,4)5/h7-13H,14-15H2,1-6H3. The van der Waals surface area contributed by atoms with Gasteiger partial charge in [0.2, 0.25) is 11.8 Å². The molecule has 1 heterocycles. The summed E-state index contributed by atoms with van der Waals surface area (Å²) in [5.41, 5.74) is 4.37. The Kier molecular flexibility index (Phi) is 6.25. The Balaban J connectivity index is 1.58. The zero-order chi connectivity index (χ0) is 21.9. The van der Waals surface area contributed by atoms with Gasteiger partial charge in [0.05, 0.1) is 6.54 Å². The van der Waals surface area contributed by atoms with Crippen LogP contribution in [-0.4, -0.2) is 34.7 Å². The molecule has 0 spiro atoms. The Morgan fingerprint density at radius 1 is 1.03 bits per heavy atom. The molecule has 0 aliphatic rings. The summed E-state index contributed by atoms with van der Waals surface area (Å²) in [6.07, 6.45) is 0. The van der Waals surface area contributed by atoms with Crippen LogP contribution in [0.2, 0.25) is 0 Å². The van der Waals surface area contributed by atoms with Gasteiger partial charge in [-0.3, -0.25) is 4.79 Å². The van der Waals surface area contributed by atoms with Crippen molar-refractivity contribution < 1.29 is 13.9 Å². The van der Waals surface area contributed by atoms with Crippen molar-refractivity contribution in [2.45, 2.75) is 46.6 Å². The molecule has 158 valence electrons. The smallest absolute Gasteiger partial charge is 0.260 e. The molecule has 6 heteroatoms. The average Bonchev–Trinajstić information content (AvgIpc) is 3.13. The van der Waals surface area contributed by atoms with E-state index < -0.39 is 0 Å². The number of nitrogens with zero attached hydrogens (tertiary/aromatic N) is 3. The normalized spacial score (nSPS) is 11.4. The fourth-order valence-electron chi connectivity index (χ4n) is 3.11. The van der Waals surface area contributed by atoms with Crippen LogP contribution in [0.3, 0.4) is 0 Å². The van der Waals surface area contributed by atoms with Crippen molar-refractivity contribution in [1.82, 2.24) is 15.1 Å². The zero-order valence-electron chi connectivity index (χ0n) is 18.5. The lowest BCUT2D eigenvalue weighted by Crippen LogP contribution is -2.31. The first-order chi connectivity index (χ1) is 14.1. The molecule has 0 saturated heterocycles. The van der Waals surface area contributed by atoms with Crippen LogP contribution in [0.1, 0.15) is 43.4 Å². The molecule has 0 fully saturated rings. The SMILES string of the molecule is Cc1cc(C)cc(OCC(=O)N(C)Cc2nnc(-c3ccc(C(C)(C)C)cc3)o2)c1. The van der Waals surface area contributed by atoms with Gasteiger partial charge >= 0.3 is 0 Å². The Labute approximate surface area is 177 Å². The van der Waals surface area contributed by atoms with Crippen molar-refractivity contribution in [2.75, 3.05) is 13.7 Å². The topological polar surface area (TPSA) is 68.5 Å². The quantitative estimate of drug-likeness (QED) is 0.593. The largest absolute Gasteiger partial charge is 0.484 e. The summed E-state index contributed by atoms with van der Waals surface area (Å²) in [5, 5.41) is 8.19. The first kappa shape index (κ1) is 21.6. The van der Waals surface area contributed by atoms with E-state index >= 15 is 0 Å². The Morgan fingerprint density at radius 2 is 1.67 bits per heavy atom. The molecular formula is C24H29N3O3. The molecule has 30 heavy (non-hydrogen) atoms. The van der Waals surface area contributed by atoms with Gasteiger partial charge in [0.1, 0.15) is 5.75 Å². The van der Waals surface area contributed by atoms with Crippen LogP contribution in [0.25, 0.3) is 11.5 Å². The van der Waals surface area contributed by atoms with Crippen LogP contribution < -0.4 is 4.74 Å². The molecule has 6 nitrogen and oxygen atoms in total. The molecule has 0 aliphatic carbocycles. The summed E-state index contributed by atoms with van der Waals surface area (Å²) in [6.45, 7) is 10.7. The summed E-state index contributed by atoms with van der Waals surface area (Å²) in [6, 6.07) is 14.0. The van der Waals surface area contributed by atoms with Crippen LogP contribution in [0.4, 0.5) is 0 Å². The molecule has 3 rings (SSSR count). The minimum absolute atomic E-state index is 0.0470. The van der Waals surface area contributed by atoms with E-state index in [1.165, 1.54) is 10.5 Å². The van der Waals surface area contributed by atoms with Gasteiger partial charge in [0.25, 0.3) is 5.91 Å². The van der Waals surface area contributed by atoms with Crippen molar-refractivity contribution in [3.63, 3.8) is 0 Å². The summed E-state index contributed by atoms with van der Waals surface area (Å²) < 4.78 is 11.4. The van der Waals surface area contributed by atoms with Crippen LogP contribution >= 0.6 is 0 Å². The maximum atomic E-state index is 12.4. The van der Waals surface area contributed by atoms with E-state index in [4.69, 9.17) is 9.15 Å². The van der Waals surface area contributed by atoms with Gasteiger partial charge in [-0.05, 0) is 60.2 Å². The molecular weight excluding hydrogens is 378 g/mol. The molecule has 0 bridgehead atoms. The third kappa shape index (κ3) is 5.47. The van der Waals surface area contributed by atoms with Gasteiger partial charge in [-0.15, -0.1) is 10.2 Å². The highest BCUT2D eigenvalue weighted by Crippen LogP contribution is 2.25. The fraction of sp³-hybridized carbons (Fsp3) is 0.375. The Morgan fingerprint density at radius 3 is 2.27 bits per heavy atom. The predicted octanol–water partition coefficient (Wildman–Crippen LogP) is 4.69. The number of aromatic nitrogens is 2. The minimum atomic E-state index is -0.163. The number of likely N-dealkylation sites (N-methyl/N-ethyl adjacent to an activating group) is 1. The van der Waals surface area contributed by atoms with Crippen molar-refractivity contribution >= 4 is 5.91 Å². The van der Waals surface area contributed by atoms with Crippen molar-refractivity contribution in [3.05, 3.63) is 65.0 Å². The van der Waals surface area contributed by atoms with E-state index in [9.17, 15) is 4.79 Å². The highest BCUT2D eigenvalue weighted by Gasteiger charge is 2.17. The molecule has 0 atom stereocenters. The first-order valence-electron chi connectivity index (χ1n) is 10.00. The number of amides is 1. The Hall–Kier alpha value is -3.15. The van der Waals surface area contributed by atoms with Crippen LogP contribution in [0.15, 0.2) is 46.9 Å². The first-order valence-corrected chi connectivity index (χ1v) is 10.00. The van der Waals surface area contributed by atoms with Gasteiger partial charge in [-0.2, -0.15) is 0 Å². The maximum Gasteiger partial charge on any atom is 0.260 e. The molecule has 0 saturated carbocycles. The van der Waals surface area contributed by atoms with Gasteiger partial charge < -0.3 is 14.1 Å². The second kappa shape index (κ2) is 8.69. The summed E-state index contributed by atoms with van der Waals surface area (Å²) in [7, 11) is 1.69. The third-order valence-electron chi connectivity index (χ3n) is 4.82. The molecule has 2 aromatic carbocycles. The lowest BCUT2D eigenvalue weighted by Gasteiger charge is -2.18. The molecule has 0 unspecified atom stereocenters. The van der Waals surface area contributed by atoms with Gasteiger partial charge in [0.15, 0.2) is 6.61 Å².